The van der Waals surface area contributed by atoms with Crippen LogP contribution in [0.5, 0.6) is 0 Å². The molecule has 2 atom stereocenters. The van der Waals surface area contributed by atoms with E-state index < -0.39 is 0 Å². The van der Waals surface area contributed by atoms with Crippen molar-refractivity contribution in [2.45, 2.75) is 136 Å². The van der Waals surface area contributed by atoms with Gasteiger partial charge < -0.3 is 9.80 Å². The lowest BCUT2D eigenvalue weighted by atomic mass is 9.33. The van der Waals surface area contributed by atoms with Gasteiger partial charge in [0.25, 0.3) is 6.71 Å². The highest BCUT2D eigenvalue weighted by Gasteiger charge is 2.61. The summed E-state index contributed by atoms with van der Waals surface area (Å²) in [6, 6.07) is 41.1. The first-order valence-corrected chi connectivity index (χ1v) is 23.7. The summed E-state index contributed by atoms with van der Waals surface area (Å²) in [4.78, 5) is 5.62. The molecule has 0 radical (unpaired) electrons. The van der Waals surface area contributed by atoms with Crippen LogP contribution in [0.2, 0.25) is 0 Å². The molecule has 0 N–H and O–H groups in total. The van der Waals surface area contributed by atoms with Crippen LogP contribution in [0.25, 0.3) is 31.3 Å². The largest absolute Gasteiger partial charge is 0.335 e. The van der Waals surface area contributed by atoms with Crippen molar-refractivity contribution in [1.82, 2.24) is 0 Å². The van der Waals surface area contributed by atoms with Crippen LogP contribution in [0.15, 0.2) is 103 Å². The quantitative estimate of drug-likeness (QED) is 0.160. The first-order valence-electron chi connectivity index (χ1n) is 22.9. The lowest BCUT2D eigenvalue weighted by Crippen LogP contribution is -2.64. The third kappa shape index (κ3) is 5.39. The van der Waals surface area contributed by atoms with E-state index in [0.29, 0.717) is 0 Å². The number of thiophene rings is 1. The van der Waals surface area contributed by atoms with Crippen LogP contribution in [0, 0.1) is 6.92 Å². The van der Waals surface area contributed by atoms with E-state index in [1.165, 1.54) is 124 Å². The number of fused-ring (bicyclic) bond motifs is 11. The molecule has 1 fully saturated rings. The van der Waals surface area contributed by atoms with Crippen LogP contribution in [0.3, 0.4) is 0 Å². The first kappa shape index (κ1) is 39.1. The number of rotatable bonds is 2. The van der Waals surface area contributed by atoms with Gasteiger partial charge in [-0.15, -0.1) is 11.3 Å². The average Bonchev–Trinajstić information content (AvgIpc) is 3.68. The molecular formula is C57H61BN2S. The Morgan fingerprint density at radius 2 is 1.25 bits per heavy atom. The molecule has 61 heavy (non-hydrogen) atoms. The molecule has 4 heteroatoms. The van der Waals surface area contributed by atoms with Crippen molar-refractivity contribution < 1.29 is 0 Å². The molecule has 1 saturated carbocycles. The number of nitrogens with zero attached hydrogens (tertiary/aromatic N) is 2. The molecular weight excluding hydrogens is 756 g/mol. The van der Waals surface area contributed by atoms with Crippen LogP contribution in [0.4, 0.5) is 28.4 Å². The molecule has 0 bridgehead atoms. The molecule has 1 aliphatic carbocycles. The average molecular weight is 817 g/mol. The van der Waals surface area contributed by atoms with Gasteiger partial charge >= 0.3 is 0 Å². The van der Waals surface area contributed by atoms with Gasteiger partial charge in [-0.05, 0) is 123 Å². The van der Waals surface area contributed by atoms with Crippen molar-refractivity contribution in [3.63, 3.8) is 0 Å². The third-order valence-electron chi connectivity index (χ3n) is 15.7. The fourth-order valence-corrected chi connectivity index (χ4v) is 13.3. The summed E-state index contributed by atoms with van der Waals surface area (Å²) in [5, 5.41) is 2.71. The molecule has 2 nitrogen and oxygen atoms in total. The van der Waals surface area contributed by atoms with Crippen molar-refractivity contribution in [2.24, 2.45) is 0 Å². The van der Waals surface area contributed by atoms with Crippen LogP contribution >= 0.6 is 11.3 Å². The fraction of sp³-hybridized carbons (Fsp3) is 0.368. The summed E-state index contributed by atoms with van der Waals surface area (Å²) >= 11 is 2.00. The fourth-order valence-electron chi connectivity index (χ4n) is 12.0. The van der Waals surface area contributed by atoms with E-state index in [-0.39, 0.29) is 33.9 Å². The minimum absolute atomic E-state index is 0.00297. The number of aryl methyl sites for hydroxylation is 1. The first-order chi connectivity index (χ1) is 28.8. The molecule has 3 aliphatic heterocycles. The van der Waals surface area contributed by atoms with Crippen molar-refractivity contribution in [3.8, 4) is 11.1 Å². The lowest BCUT2D eigenvalue weighted by Gasteiger charge is -2.53. The Bertz CT molecular complexity index is 2990. The van der Waals surface area contributed by atoms with Crippen molar-refractivity contribution >= 4 is 83.0 Å². The van der Waals surface area contributed by atoms with Crippen LogP contribution < -0.4 is 26.2 Å². The molecule has 7 aromatic rings. The Morgan fingerprint density at radius 1 is 0.590 bits per heavy atom. The lowest BCUT2D eigenvalue weighted by molar-refractivity contribution is 0.195. The molecule has 11 rings (SSSR count). The highest BCUT2D eigenvalue weighted by molar-refractivity contribution is 7.26. The molecule has 2 unspecified atom stereocenters. The zero-order valence-corrected chi connectivity index (χ0v) is 39.3. The summed E-state index contributed by atoms with van der Waals surface area (Å²) in [6.45, 7) is 28.9. The Labute approximate surface area is 369 Å². The van der Waals surface area contributed by atoms with Crippen LogP contribution in [0.1, 0.15) is 130 Å². The Balaban J connectivity index is 1.31. The van der Waals surface area contributed by atoms with Gasteiger partial charge in [-0.25, -0.2) is 0 Å². The highest BCUT2D eigenvalue weighted by Crippen LogP contribution is 2.62. The second-order valence-corrected chi connectivity index (χ2v) is 23.7. The van der Waals surface area contributed by atoms with Crippen LogP contribution in [-0.4, -0.2) is 12.3 Å². The molecule has 0 saturated heterocycles. The van der Waals surface area contributed by atoms with Gasteiger partial charge in [0.05, 0.1) is 21.6 Å². The van der Waals surface area contributed by atoms with E-state index in [4.69, 9.17) is 0 Å². The van der Waals surface area contributed by atoms with E-state index in [1.54, 1.807) is 5.56 Å². The zero-order valence-electron chi connectivity index (χ0n) is 38.5. The summed E-state index contributed by atoms with van der Waals surface area (Å²) in [5.41, 5.74) is 21.0. The summed E-state index contributed by atoms with van der Waals surface area (Å²) in [7, 11) is 0. The van der Waals surface area contributed by atoms with E-state index in [2.05, 4.69) is 196 Å². The number of benzene rings is 6. The monoisotopic (exact) mass is 816 g/mol. The molecule has 1 aromatic heterocycles. The van der Waals surface area contributed by atoms with Crippen LogP contribution in [-0.2, 0) is 21.7 Å². The van der Waals surface area contributed by atoms with E-state index in [0.717, 1.165) is 0 Å². The van der Waals surface area contributed by atoms with Gasteiger partial charge in [-0.2, -0.15) is 0 Å². The maximum absolute atomic E-state index is 2.89. The predicted molar refractivity (Wildman–Crippen MR) is 268 cm³/mol. The number of anilines is 5. The smallest absolute Gasteiger partial charge is 0.252 e. The molecule has 0 amide bonds. The van der Waals surface area contributed by atoms with Crippen molar-refractivity contribution in [3.05, 3.63) is 131 Å². The Morgan fingerprint density at radius 3 is 1.97 bits per heavy atom. The third-order valence-corrected chi connectivity index (χ3v) is 16.9. The number of hydrogen-bond acceptors (Lipinski definition) is 3. The number of hydrogen-bond donors (Lipinski definition) is 0. The van der Waals surface area contributed by atoms with Gasteiger partial charge in [0.15, 0.2) is 0 Å². The molecule has 308 valence electrons. The Hall–Kier alpha value is -4.80. The van der Waals surface area contributed by atoms with E-state index >= 15 is 0 Å². The van der Waals surface area contributed by atoms with Crippen molar-refractivity contribution in [1.29, 1.82) is 0 Å². The summed E-state index contributed by atoms with van der Waals surface area (Å²) < 4.78 is 2.75. The van der Waals surface area contributed by atoms with Gasteiger partial charge in [0, 0.05) is 43.5 Å². The highest BCUT2D eigenvalue weighted by atomic mass is 32.1. The summed E-state index contributed by atoms with van der Waals surface area (Å²) in [6.07, 6.45) is 4.97. The molecule has 4 heterocycles. The van der Waals surface area contributed by atoms with Gasteiger partial charge in [-0.1, -0.05) is 155 Å². The van der Waals surface area contributed by atoms with E-state index in [1.807, 2.05) is 11.3 Å². The maximum Gasteiger partial charge on any atom is 0.252 e. The predicted octanol–water partition coefficient (Wildman–Crippen LogP) is 14.3. The molecule has 0 spiro atoms. The van der Waals surface area contributed by atoms with Gasteiger partial charge in [-0.3, -0.25) is 0 Å². The Kier molecular flexibility index (Phi) is 8.11. The topological polar surface area (TPSA) is 6.48 Å². The van der Waals surface area contributed by atoms with Gasteiger partial charge in [0.2, 0.25) is 0 Å². The van der Waals surface area contributed by atoms with Gasteiger partial charge in [0.1, 0.15) is 0 Å². The normalized spacial score (nSPS) is 20.6. The SMILES string of the molecule is Cc1cc2c3c(c1)N1c4c(cc(C(C)(C)C)cc4C4(C)CCCCC14C)B3c1ccc3c(sc4cc(C(C)(C)C)ccc43)c1N2c1ccc(C(C)(C)C)cc1-c1ccccc1. The maximum atomic E-state index is 2.89. The summed E-state index contributed by atoms with van der Waals surface area (Å²) in [5.74, 6) is 0. The second-order valence-electron chi connectivity index (χ2n) is 22.6. The molecule has 4 aliphatic rings. The second kappa shape index (κ2) is 12.7. The minimum Gasteiger partial charge on any atom is -0.335 e. The molecule has 6 aromatic carbocycles. The standard InChI is InChI=1S/C57H61BN2S/c1-34-28-46-49-47(29-34)60-50-42(56(11)26-16-17-27-57(56,60)12)31-38(55(8,9)10)32-44(50)58(49)43-24-23-40-39-22-20-37(54(5,6)7)33-48(39)61-52(40)51(43)59(46)45-25-21-36(53(2,3)4)30-41(45)35-18-14-13-15-19-35/h13-15,18-25,28-33H,16-17,26-27H2,1-12H3. The zero-order chi connectivity index (χ0) is 42.8. The van der Waals surface area contributed by atoms with E-state index in [9.17, 15) is 0 Å². The van der Waals surface area contributed by atoms with Crippen molar-refractivity contribution in [2.75, 3.05) is 9.80 Å². The minimum atomic E-state index is -0.0275.